The minimum Gasteiger partial charge on any atom is -0.398 e. The van der Waals surface area contributed by atoms with Gasteiger partial charge in [-0.25, -0.2) is 0 Å². The maximum Gasteiger partial charge on any atom is 0.0349 e. The van der Waals surface area contributed by atoms with Gasteiger partial charge < -0.3 is 11.1 Å². The van der Waals surface area contributed by atoms with Crippen LogP contribution in [0.4, 0.5) is 5.69 Å². The molecule has 0 atom stereocenters. The van der Waals surface area contributed by atoms with Crippen LogP contribution < -0.4 is 11.1 Å². The number of rotatable bonds is 2. The summed E-state index contributed by atoms with van der Waals surface area (Å²) in [6.07, 6.45) is 0. The van der Waals surface area contributed by atoms with Gasteiger partial charge in [-0.05, 0) is 36.6 Å². The van der Waals surface area contributed by atoms with Gasteiger partial charge in [0.1, 0.15) is 0 Å². The Morgan fingerprint density at radius 2 is 1.94 bits per heavy atom. The van der Waals surface area contributed by atoms with Gasteiger partial charge in [-0.3, -0.25) is 4.90 Å². The van der Waals surface area contributed by atoms with Gasteiger partial charge in [0.05, 0.1) is 0 Å². The van der Waals surface area contributed by atoms with Gasteiger partial charge in [0, 0.05) is 38.4 Å². The summed E-state index contributed by atoms with van der Waals surface area (Å²) in [5.41, 5.74) is 10.8. The Hall–Kier alpha value is -1.06. The van der Waals surface area contributed by atoms with E-state index in [0.29, 0.717) is 0 Å². The minimum absolute atomic E-state index is 0.921. The molecule has 1 aromatic rings. The topological polar surface area (TPSA) is 41.3 Å². The van der Waals surface area contributed by atoms with Crippen molar-refractivity contribution in [2.45, 2.75) is 20.4 Å². The number of anilines is 1. The zero-order valence-electron chi connectivity index (χ0n) is 10.2. The van der Waals surface area contributed by atoms with Gasteiger partial charge in [0.15, 0.2) is 0 Å². The first-order chi connectivity index (χ1) is 7.66. The molecule has 1 heterocycles. The third-order valence-electron chi connectivity index (χ3n) is 3.38. The predicted molar refractivity (Wildman–Crippen MR) is 68.5 cm³/mol. The maximum absolute atomic E-state index is 6.00. The molecule has 1 aromatic carbocycles. The van der Waals surface area contributed by atoms with Crippen molar-refractivity contribution in [1.82, 2.24) is 10.2 Å². The normalized spacial score (nSPS) is 17.6. The number of nitrogens with two attached hydrogens (primary N) is 1. The van der Waals surface area contributed by atoms with Crippen molar-refractivity contribution in [2.75, 3.05) is 31.9 Å². The zero-order valence-corrected chi connectivity index (χ0v) is 10.2. The van der Waals surface area contributed by atoms with E-state index in [1.165, 1.54) is 16.7 Å². The van der Waals surface area contributed by atoms with Gasteiger partial charge >= 0.3 is 0 Å². The van der Waals surface area contributed by atoms with E-state index in [-0.39, 0.29) is 0 Å². The molecular formula is C13H21N3. The number of hydrogen-bond donors (Lipinski definition) is 2. The summed E-state index contributed by atoms with van der Waals surface area (Å²) in [5, 5.41) is 3.37. The van der Waals surface area contributed by atoms with Crippen molar-refractivity contribution >= 4 is 5.69 Å². The molecule has 88 valence electrons. The molecule has 1 aliphatic rings. The molecule has 0 radical (unpaired) electrons. The van der Waals surface area contributed by atoms with Crippen LogP contribution in [-0.2, 0) is 6.54 Å². The maximum atomic E-state index is 6.00. The number of nitrogen functional groups attached to an aromatic ring is 1. The molecule has 1 aliphatic heterocycles. The van der Waals surface area contributed by atoms with Crippen LogP contribution in [0.1, 0.15) is 16.7 Å². The van der Waals surface area contributed by atoms with Crippen molar-refractivity contribution in [3.63, 3.8) is 0 Å². The third-order valence-corrected chi connectivity index (χ3v) is 3.38. The molecule has 0 aliphatic carbocycles. The molecular weight excluding hydrogens is 198 g/mol. The second kappa shape index (κ2) is 4.85. The van der Waals surface area contributed by atoms with E-state index in [0.717, 1.165) is 38.4 Å². The quantitative estimate of drug-likeness (QED) is 0.737. The van der Waals surface area contributed by atoms with Gasteiger partial charge in [0.25, 0.3) is 0 Å². The SMILES string of the molecule is Cc1cc(CN2CCNCC2)cc(N)c1C. The van der Waals surface area contributed by atoms with E-state index >= 15 is 0 Å². The Labute approximate surface area is 97.6 Å². The van der Waals surface area contributed by atoms with Crippen molar-refractivity contribution in [2.24, 2.45) is 0 Å². The van der Waals surface area contributed by atoms with Crippen LogP contribution in [0.25, 0.3) is 0 Å². The molecule has 0 unspecified atom stereocenters. The fraction of sp³-hybridized carbons (Fsp3) is 0.538. The first-order valence-electron chi connectivity index (χ1n) is 5.95. The van der Waals surface area contributed by atoms with E-state index in [1.54, 1.807) is 0 Å². The highest BCUT2D eigenvalue weighted by molar-refractivity contribution is 5.52. The number of benzene rings is 1. The van der Waals surface area contributed by atoms with Gasteiger partial charge in [-0.1, -0.05) is 6.07 Å². The van der Waals surface area contributed by atoms with Crippen LogP contribution in [0.5, 0.6) is 0 Å². The molecule has 2 rings (SSSR count). The lowest BCUT2D eigenvalue weighted by atomic mass is 10.0. The van der Waals surface area contributed by atoms with Gasteiger partial charge in [0.2, 0.25) is 0 Å². The van der Waals surface area contributed by atoms with Gasteiger partial charge in [-0.2, -0.15) is 0 Å². The summed E-state index contributed by atoms with van der Waals surface area (Å²) < 4.78 is 0. The Morgan fingerprint density at radius 1 is 1.25 bits per heavy atom. The fourth-order valence-corrected chi connectivity index (χ4v) is 2.18. The molecule has 0 bridgehead atoms. The average Bonchev–Trinajstić information content (AvgIpc) is 2.27. The van der Waals surface area contributed by atoms with E-state index in [4.69, 9.17) is 5.73 Å². The first-order valence-corrected chi connectivity index (χ1v) is 5.95. The summed E-state index contributed by atoms with van der Waals surface area (Å²) in [6, 6.07) is 4.37. The van der Waals surface area contributed by atoms with Crippen molar-refractivity contribution in [3.8, 4) is 0 Å². The highest BCUT2D eigenvalue weighted by Gasteiger charge is 2.10. The van der Waals surface area contributed by atoms with Crippen molar-refractivity contribution in [3.05, 3.63) is 28.8 Å². The second-order valence-corrected chi connectivity index (χ2v) is 4.65. The monoisotopic (exact) mass is 219 g/mol. The molecule has 0 spiro atoms. The fourth-order valence-electron chi connectivity index (χ4n) is 2.18. The summed E-state index contributed by atoms with van der Waals surface area (Å²) in [6.45, 7) is 9.69. The van der Waals surface area contributed by atoms with E-state index in [9.17, 15) is 0 Å². The average molecular weight is 219 g/mol. The second-order valence-electron chi connectivity index (χ2n) is 4.65. The Balaban J connectivity index is 2.09. The summed E-state index contributed by atoms with van der Waals surface area (Å²) in [4.78, 5) is 2.47. The number of nitrogens with one attached hydrogen (secondary N) is 1. The standard InChI is InChI=1S/C13H21N3/c1-10-7-12(8-13(14)11(10)2)9-16-5-3-15-4-6-16/h7-8,15H,3-6,9,14H2,1-2H3. The molecule has 3 nitrogen and oxygen atoms in total. The Bertz CT molecular complexity index is 344. The summed E-state index contributed by atoms with van der Waals surface area (Å²) in [7, 11) is 0. The van der Waals surface area contributed by atoms with Crippen molar-refractivity contribution < 1.29 is 0 Å². The third kappa shape index (κ3) is 2.54. The zero-order chi connectivity index (χ0) is 11.5. The molecule has 3 N–H and O–H groups in total. The molecule has 0 saturated carbocycles. The van der Waals surface area contributed by atoms with E-state index in [1.807, 2.05) is 0 Å². The van der Waals surface area contributed by atoms with Crippen LogP contribution in [0.3, 0.4) is 0 Å². The van der Waals surface area contributed by atoms with Crippen LogP contribution in [0.15, 0.2) is 12.1 Å². The molecule has 0 aromatic heterocycles. The van der Waals surface area contributed by atoms with E-state index in [2.05, 4.69) is 36.2 Å². The Morgan fingerprint density at radius 3 is 2.56 bits per heavy atom. The van der Waals surface area contributed by atoms with E-state index < -0.39 is 0 Å². The van der Waals surface area contributed by atoms with Crippen LogP contribution in [0.2, 0.25) is 0 Å². The highest BCUT2D eigenvalue weighted by atomic mass is 15.2. The lowest BCUT2D eigenvalue weighted by Crippen LogP contribution is -2.42. The number of hydrogen-bond acceptors (Lipinski definition) is 3. The highest BCUT2D eigenvalue weighted by Crippen LogP contribution is 2.19. The molecule has 0 amide bonds. The molecule has 3 heteroatoms. The van der Waals surface area contributed by atoms with Crippen LogP contribution in [-0.4, -0.2) is 31.1 Å². The lowest BCUT2D eigenvalue weighted by molar-refractivity contribution is 0.233. The lowest BCUT2D eigenvalue weighted by Gasteiger charge is -2.27. The number of nitrogens with zero attached hydrogens (tertiary/aromatic N) is 1. The predicted octanol–water partition coefficient (Wildman–Crippen LogP) is 1.29. The van der Waals surface area contributed by atoms with Crippen LogP contribution >= 0.6 is 0 Å². The first kappa shape index (κ1) is 11.4. The molecule has 1 saturated heterocycles. The molecule has 1 fully saturated rings. The van der Waals surface area contributed by atoms with Crippen LogP contribution in [0, 0.1) is 13.8 Å². The summed E-state index contributed by atoms with van der Waals surface area (Å²) >= 11 is 0. The van der Waals surface area contributed by atoms with Crippen molar-refractivity contribution in [1.29, 1.82) is 0 Å². The van der Waals surface area contributed by atoms with Gasteiger partial charge in [-0.15, -0.1) is 0 Å². The Kier molecular flexibility index (Phi) is 3.46. The largest absolute Gasteiger partial charge is 0.398 e. The number of aryl methyl sites for hydroxylation is 1. The number of piperazine rings is 1. The minimum atomic E-state index is 0.921. The smallest absolute Gasteiger partial charge is 0.0349 e. The summed E-state index contributed by atoms with van der Waals surface area (Å²) in [5.74, 6) is 0. The molecule has 16 heavy (non-hydrogen) atoms.